The first kappa shape index (κ1) is 55.9. The fourth-order valence-corrected chi connectivity index (χ4v) is 9.93. The summed E-state index contributed by atoms with van der Waals surface area (Å²) in [5.74, 6) is 0.424. The Morgan fingerprint density at radius 2 is 1.17 bits per heavy atom. The number of aryl methyl sites for hydroxylation is 1. The molecule has 0 saturated heterocycles. The predicted octanol–water partition coefficient (Wildman–Crippen LogP) is 18.7. The number of anilines is 1. The molecule has 3 aliphatic carbocycles. The molecule has 0 fully saturated rings. The summed E-state index contributed by atoms with van der Waals surface area (Å²) < 4.78 is 0. The Kier molecular flexibility index (Phi) is 22.5. The van der Waals surface area contributed by atoms with Gasteiger partial charge in [-0.1, -0.05) is 242 Å². The number of rotatable bonds is 9. The first-order valence-electron chi connectivity index (χ1n) is 24.9. The van der Waals surface area contributed by atoms with Crippen LogP contribution in [0.1, 0.15) is 108 Å². The van der Waals surface area contributed by atoms with Crippen molar-refractivity contribution >= 4 is 36.4 Å². The van der Waals surface area contributed by atoms with Crippen LogP contribution >= 0.6 is 13.5 Å². The van der Waals surface area contributed by atoms with Crippen LogP contribution in [-0.4, -0.2) is 7.05 Å². The lowest BCUT2D eigenvalue weighted by molar-refractivity contribution is 0.404. The van der Waals surface area contributed by atoms with Gasteiger partial charge in [-0.3, -0.25) is 0 Å². The monoisotopic (exact) mass is 943 g/mol. The maximum Gasteiger partial charge on any atom is 0.0536 e. The van der Waals surface area contributed by atoms with E-state index in [1.54, 1.807) is 0 Å². The fraction of sp³-hybridized carbons (Fsp3) is 0.224. The zero-order valence-electron chi connectivity index (χ0n) is 42.1. The second-order valence-corrected chi connectivity index (χ2v) is 17.0. The third kappa shape index (κ3) is 12.8. The molecule has 0 saturated carbocycles. The van der Waals surface area contributed by atoms with Gasteiger partial charge in [-0.25, -0.2) is 0 Å². The molecule has 0 spiro atoms. The zero-order valence-corrected chi connectivity index (χ0v) is 43.1. The molecule has 10 rings (SSSR count). The molecule has 362 valence electrons. The molecule has 3 heteroatoms. The van der Waals surface area contributed by atoms with Crippen LogP contribution in [0, 0.1) is 12.8 Å². The Hall–Kier alpha value is -6.65. The van der Waals surface area contributed by atoms with Gasteiger partial charge >= 0.3 is 0 Å². The highest BCUT2D eigenvalue weighted by atomic mass is 32.1. The third-order valence-electron chi connectivity index (χ3n) is 13.0. The maximum atomic E-state index is 5.08. The summed E-state index contributed by atoms with van der Waals surface area (Å²) >= 11 is 0. The van der Waals surface area contributed by atoms with Gasteiger partial charge in [0.2, 0.25) is 0 Å². The van der Waals surface area contributed by atoms with Crippen molar-refractivity contribution in [2.75, 3.05) is 11.9 Å². The molecular weight excluding hydrogens is 865 g/mol. The van der Waals surface area contributed by atoms with Crippen molar-refractivity contribution in [3.8, 4) is 22.3 Å². The van der Waals surface area contributed by atoms with E-state index in [4.69, 9.17) is 6.58 Å². The molecule has 0 radical (unpaired) electrons. The van der Waals surface area contributed by atoms with Gasteiger partial charge in [0.05, 0.1) is 5.70 Å². The van der Waals surface area contributed by atoms with Gasteiger partial charge in [-0.2, -0.15) is 13.5 Å². The lowest BCUT2D eigenvalue weighted by atomic mass is 9.66. The molecule has 2 N–H and O–H groups in total. The summed E-state index contributed by atoms with van der Waals surface area (Å²) in [4.78, 5) is 2.49. The van der Waals surface area contributed by atoms with Crippen molar-refractivity contribution in [1.82, 2.24) is 0 Å². The molecule has 0 bridgehead atoms. The van der Waals surface area contributed by atoms with Gasteiger partial charge in [0.25, 0.3) is 0 Å². The Labute approximate surface area is 430 Å². The van der Waals surface area contributed by atoms with Crippen LogP contribution in [0.2, 0.25) is 0 Å². The van der Waals surface area contributed by atoms with Crippen LogP contribution < -0.4 is 10.6 Å². The molecule has 0 aliphatic heterocycles. The number of benzene rings is 7. The van der Waals surface area contributed by atoms with Crippen molar-refractivity contribution in [2.45, 2.75) is 86.5 Å². The topological polar surface area (TPSA) is 29.3 Å². The van der Waals surface area contributed by atoms with Gasteiger partial charge < -0.3 is 10.6 Å². The standard InChI is InChI=1S/C54H47N.C7H8.2C2H6.CH5N.CH4.H2S/c1-39(47-30-12-15-33-50(47)54(2)51-34-16-13-31-48(51)49-32-14-17-35-52(49)54)53(37-40-20-18-25-43(36-40)41-21-6-3-7-22-41)55(45-27-10-5-11-28-45)46-29-19-26-44(38-46)42-23-8-4-9-24-42;1-7-5-3-2-4-6-7;3*1-2;;/h3-10,12-13,15-16,18-27,29-34,36-38,52H,1,11,14,17,28,35H2,2H3;2-6H,1H3;2*1-2H3;2H2,1H3;1H4;1H2/b53-37+;;;;;;. The lowest BCUT2D eigenvalue weighted by Crippen LogP contribution is -2.32. The van der Waals surface area contributed by atoms with Gasteiger partial charge in [-0.05, 0) is 144 Å². The number of nitrogens with two attached hydrogens (primary N) is 1. The van der Waals surface area contributed by atoms with E-state index < -0.39 is 0 Å². The minimum absolute atomic E-state index is 0. The normalized spacial score (nSPS) is 15.9. The maximum absolute atomic E-state index is 5.08. The fourth-order valence-electron chi connectivity index (χ4n) is 9.93. The molecular formula is C67H78N2S. The van der Waals surface area contributed by atoms with E-state index >= 15 is 0 Å². The second-order valence-electron chi connectivity index (χ2n) is 17.0. The molecule has 7 aromatic carbocycles. The second kappa shape index (κ2) is 28.1. The molecule has 0 heterocycles. The summed E-state index contributed by atoms with van der Waals surface area (Å²) in [6.45, 7) is 17.7. The average molecular weight is 943 g/mol. The smallest absolute Gasteiger partial charge is 0.0536 e. The van der Waals surface area contributed by atoms with Crippen LogP contribution in [0.5, 0.6) is 0 Å². The van der Waals surface area contributed by atoms with Crippen molar-refractivity contribution < 1.29 is 0 Å². The molecule has 2 nitrogen and oxygen atoms in total. The van der Waals surface area contributed by atoms with Crippen LogP contribution in [0.15, 0.2) is 230 Å². The summed E-state index contributed by atoms with van der Waals surface area (Å²) in [7, 11) is 1.50. The van der Waals surface area contributed by atoms with Gasteiger partial charge in [0.1, 0.15) is 0 Å². The molecule has 2 unspecified atom stereocenters. The number of hydrogen-bond acceptors (Lipinski definition) is 2. The van der Waals surface area contributed by atoms with E-state index in [1.807, 2.05) is 45.9 Å². The average Bonchev–Trinajstić information content (AvgIpc) is 3.69. The highest BCUT2D eigenvalue weighted by molar-refractivity contribution is 7.59. The lowest BCUT2D eigenvalue weighted by Gasteiger charge is -2.38. The third-order valence-corrected chi connectivity index (χ3v) is 13.0. The van der Waals surface area contributed by atoms with Gasteiger partial charge in [-0.15, -0.1) is 0 Å². The first-order valence-corrected chi connectivity index (χ1v) is 24.9. The number of fused-ring (bicyclic) bond motifs is 3. The van der Waals surface area contributed by atoms with Crippen LogP contribution in [0.25, 0.3) is 39.5 Å². The van der Waals surface area contributed by atoms with Gasteiger partial charge in [0, 0.05) is 16.8 Å². The largest absolute Gasteiger partial charge is 0.333 e. The summed E-state index contributed by atoms with van der Waals surface area (Å²) in [5, 5.41) is 0. The first-order chi connectivity index (χ1) is 33.5. The van der Waals surface area contributed by atoms with Crippen molar-refractivity contribution in [2.24, 2.45) is 11.7 Å². The Balaban J connectivity index is 0.000000636. The van der Waals surface area contributed by atoms with Crippen LogP contribution in [0.4, 0.5) is 5.69 Å². The molecule has 0 aromatic heterocycles. The van der Waals surface area contributed by atoms with Crippen LogP contribution in [0.3, 0.4) is 0 Å². The SMILES string of the molecule is C.C=C(/C(=C\c1cccc(-c2ccccc2)c1)N(C1=CC=CCC1)c1cccc(-c2ccccc2)c1)c1ccccc1C1(C)c2ccccc2C2=CCCCC21.CC.CC.CN.Cc1ccccc1.S. The highest BCUT2D eigenvalue weighted by Gasteiger charge is 2.48. The number of hydrogen-bond donors (Lipinski definition) is 1. The predicted molar refractivity (Wildman–Crippen MR) is 315 cm³/mol. The highest BCUT2D eigenvalue weighted by Crippen LogP contribution is 2.58. The van der Waals surface area contributed by atoms with E-state index in [9.17, 15) is 0 Å². The Morgan fingerprint density at radius 3 is 1.77 bits per heavy atom. The van der Waals surface area contributed by atoms with Gasteiger partial charge in [0.15, 0.2) is 0 Å². The minimum Gasteiger partial charge on any atom is -0.333 e. The summed E-state index contributed by atoms with van der Waals surface area (Å²) in [6, 6.07) is 67.9. The van der Waals surface area contributed by atoms with E-state index in [0.717, 1.165) is 41.8 Å². The quantitative estimate of drug-likeness (QED) is 0.146. The number of nitrogens with zero attached hydrogens (tertiary/aromatic N) is 1. The van der Waals surface area contributed by atoms with Crippen molar-refractivity contribution in [1.29, 1.82) is 0 Å². The van der Waals surface area contributed by atoms with Crippen molar-refractivity contribution in [3.05, 3.63) is 264 Å². The van der Waals surface area contributed by atoms with E-state index in [1.165, 1.54) is 81.2 Å². The Bertz CT molecular complexity index is 2820. The molecule has 70 heavy (non-hydrogen) atoms. The molecule has 7 aromatic rings. The molecule has 3 aliphatic rings. The Morgan fingerprint density at radius 1 is 0.629 bits per heavy atom. The van der Waals surface area contributed by atoms with Crippen LogP contribution in [-0.2, 0) is 5.41 Å². The summed E-state index contributed by atoms with van der Waals surface area (Å²) in [5.41, 5.74) is 23.0. The van der Waals surface area contributed by atoms with Crippen molar-refractivity contribution in [3.63, 3.8) is 0 Å². The van der Waals surface area contributed by atoms with E-state index in [-0.39, 0.29) is 26.3 Å². The zero-order chi connectivity index (χ0) is 48.3. The number of allylic oxidation sites excluding steroid dienone is 7. The molecule has 0 amide bonds. The summed E-state index contributed by atoms with van der Waals surface area (Å²) in [6.07, 6.45) is 17.1. The molecule has 2 atom stereocenters. The van der Waals surface area contributed by atoms with E-state index in [0.29, 0.717) is 5.92 Å². The minimum atomic E-state index is -0.189. The van der Waals surface area contributed by atoms with E-state index in [2.05, 4.69) is 225 Å².